The quantitative estimate of drug-likeness (QED) is 0.911. The lowest BCUT2D eigenvalue weighted by atomic mass is 10.2. The highest BCUT2D eigenvalue weighted by molar-refractivity contribution is 5.77. The highest BCUT2D eigenvalue weighted by Crippen LogP contribution is 2.11. The predicted octanol–water partition coefficient (Wildman–Crippen LogP) is 2.48. The third-order valence-corrected chi connectivity index (χ3v) is 2.69. The van der Waals surface area contributed by atoms with Crippen LogP contribution in [0, 0.1) is 5.82 Å². The second-order valence-electron chi connectivity index (χ2n) is 4.29. The molecule has 0 aliphatic heterocycles. The molecule has 0 aliphatic rings. The highest BCUT2D eigenvalue weighted by Gasteiger charge is 2.10. The third kappa shape index (κ3) is 4.05. The number of nitrogens with zero attached hydrogens (tertiary/aromatic N) is 1. The number of ether oxygens (including phenoxy) is 1. The first-order valence-electron chi connectivity index (χ1n) is 6.24. The zero-order valence-electron chi connectivity index (χ0n) is 11.0. The van der Waals surface area contributed by atoms with Crippen LogP contribution in [0.3, 0.4) is 0 Å². The van der Waals surface area contributed by atoms with Crippen LogP contribution in [-0.2, 0) is 4.79 Å². The second kappa shape index (κ2) is 6.65. The Bertz CT molecular complexity index is 558. The van der Waals surface area contributed by atoms with Crippen LogP contribution in [0.4, 0.5) is 4.39 Å². The predicted molar refractivity (Wildman–Crippen MR) is 72.7 cm³/mol. The number of carbonyl (C=O) groups excluding carboxylic acids is 1. The Kier molecular flexibility index (Phi) is 4.65. The summed E-state index contributed by atoms with van der Waals surface area (Å²) in [4.78, 5) is 15.9. The molecule has 0 radical (unpaired) electrons. The number of halogens is 1. The average Bonchev–Trinajstić information content (AvgIpc) is 2.47. The molecule has 20 heavy (non-hydrogen) atoms. The number of hydrogen-bond acceptors (Lipinski definition) is 3. The van der Waals surface area contributed by atoms with Crippen molar-refractivity contribution in [2.45, 2.75) is 13.0 Å². The summed E-state index contributed by atoms with van der Waals surface area (Å²) < 4.78 is 18.0. The van der Waals surface area contributed by atoms with Crippen molar-refractivity contribution in [3.8, 4) is 5.75 Å². The van der Waals surface area contributed by atoms with Gasteiger partial charge in [-0.05, 0) is 43.3 Å². The van der Waals surface area contributed by atoms with E-state index in [1.807, 2.05) is 25.1 Å². The Morgan fingerprint density at radius 1 is 1.30 bits per heavy atom. The molecule has 0 saturated heterocycles. The van der Waals surface area contributed by atoms with Gasteiger partial charge in [-0.3, -0.25) is 9.78 Å². The van der Waals surface area contributed by atoms with Crippen molar-refractivity contribution in [2.24, 2.45) is 0 Å². The van der Waals surface area contributed by atoms with E-state index in [1.54, 1.807) is 6.20 Å². The fourth-order valence-corrected chi connectivity index (χ4v) is 1.67. The minimum Gasteiger partial charge on any atom is -0.484 e. The summed E-state index contributed by atoms with van der Waals surface area (Å²) in [6.45, 7) is 1.72. The van der Waals surface area contributed by atoms with Crippen molar-refractivity contribution < 1.29 is 13.9 Å². The number of aromatic nitrogens is 1. The van der Waals surface area contributed by atoms with Crippen LogP contribution in [0.25, 0.3) is 0 Å². The molecule has 1 atom stereocenters. The van der Waals surface area contributed by atoms with E-state index in [2.05, 4.69) is 10.3 Å². The first kappa shape index (κ1) is 14.0. The lowest BCUT2D eigenvalue weighted by Gasteiger charge is -2.13. The lowest BCUT2D eigenvalue weighted by molar-refractivity contribution is -0.123. The van der Waals surface area contributed by atoms with E-state index in [4.69, 9.17) is 4.74 Å². The maximum atomic E-state index is 12.7. The number of rotatable bonds is 5. The molecule has 1 amide bonds. The maximum Gasteiger partial charge on any atom is 0.258 e. The Hall–Kier alpha value is -2.43. The van der Waals surface area contributed by atoms with Gasteiger partial charge in [-0.25, -0.2) is 4.39 Å². The van der Waals surface area contributed by atoms with Gasteiger partial charge in [-0.15, -0.1) is 0 Å². The molecule has 2 aromatic rings. The van der Waals surface area contributed by atoms with E-state index in [-0.39, 0.29) is 24.4 Å². The molecule has 1 heterocycles. The van der Waals surface area contributed by atoms with E-state index in [1.165, 1.54) is 24.3 Å². The normalized spacial score (nSPS) is 11.7. The molecule has 1 N–H and O–H groups in total. The van der Waals surface area contributed by atoms with E-state index < -0.39 is 0 Å². The SMILES string of the molecule is CC(NC(=O)COc1ccc(F)cc1)c1ccccn1. The maximum absolute atomic E-state index is 12.7. The van der Waals surface area contributed by atoms with Crippen molar-refractivity contribution >= 4 is 5.91 Å². The van der Waals surface area contributed by atoms with Gasteiger partial charge < -0.3 is 10.1 Å². The Labute approximate surface area is 116 Å². The van der Waals surface area contributed by atoms with Crippen LogP contribution in [0.5, 0.6) is 5.75 Å². The van der Waals surface area contributed by atoms with Crippen molar-refractivity contribution in [1.29, 1.82) is 0 Å². The van der Waals surface area contributed by atoms with Crippen LogP contribution < -0.4 is 10.1 Å². The number of benzene rings is 1. The molecule has 0 spiro atoms. The molecule has 0 aliphatic carbocycles. The second-order valence-corrected chi connectivity index (χ2v) is 4.29. The summed E-state index contributed by atoms with van der Waals surface area (Å²) in [5.74, 6) is -0.148. The van der Waals surface area contributed by atoms with Crippen LogP contribution in [0.15, 0.2) is 48.7 Å². The molecule has 1 aromatic heterocycles. The lowest BCUT2D eigenvalue weighted by Crippen LogP contribution is -2.31. The van der Waals surface area contributed by atoms with Crippen LogP contribution >= 0.6 is 0 Å². The van der Waals surface area contributed by atoms with E-state index in [9.17, 15) is 9.18 Å². The number of carbonyl (C=O) groups is 1. The third-order valence-electron chi connectivity index (χ3n) is 2.69. The largest absolute Gasteiger partial charge is 0.484 e. The van der Waals surface area contributed by atoms with Crippen molar-refractivity contribution in [3.63, 3.8) is 0 Å². The van der Waals surface area contributed by atoms with Gasteiger partial charge in [0.25, 0.3) is 5.91 Å². The molecule has 4 nitrogen and oxygen atoms in total. The van der Waals surface area contributed by atoms with Gasteiger partial charge in [0.1, 0.15) is 11.6 Å². The molecular weight excluding hydrogens is 259 g/mol. The number of hydrogen-bond donors (Lipinski definition) is 1. The first-order valence-corrected chi connectivity index (χ1v) is 6.24. The van der Waals surface area contributed by atoms with Crippen LogP contribution in [-0.4, -0.2) is 17.5 Å². The van der Waals surface area contributed by atoms with E-state index >= 15 is 0 Å². The topological polar surface area (TPSA) is 51.2 Å². The van der Waals surface area contributed by atoms with Gasteiger partial charge in [-0.1, -0.05) is 6.07 Å². The minimum absolute atomic E-state index is 0.122. The van der Waals surface area contributed by atoms with Crippen molar-refractivity contribution in [1.82, 2.24) is 10.3 Å². The highest BCUT2D eigenvalue weighted by atomic mass is 19.1. The molecule has 0 fully saturated rings. The summed E-state index contributed by atoms with van der Waals surface area (Å²) in [6, 6.07) is 10.8. The zero-order chi connectivity index (χ0) is 14.4. The summed E-state index contributed by atoms with van der Waals surface area (Å²) in [7, 11) is 0. The number of amides is 1. The number of pyridine rings is 1. The molecule has 2 rings (SSSR count). The molecule has 104 valence electrons. The molecular formula is C15H15FN2O2. The molecule has 1 aromatic carbocycles. The van der Waals surface area contributed by atoms with Gasteiger partial charge in [-0.2, -0.15) is 0 Å². The van der Waals surface area contributed by atoms with Gasteiger partial charge in [0, 0.05) is 6.20 Å². The zero-order valence-corrected chi connectivity index (χ0v) is 11.0. The van der Waals surface area contributed by atoms with Crippen LogP contribution in [0.2, 0.25) is 0 Å². The number of nitrogens with one attached hydrogen (secondary N) is 1. The Balaban J connectivity index is 1.82. The summed E-state index contributed by atoms with van der Waals surface area (Å²) in [6.07, 6.45) is 1.67. The molecule has 0 bridgehead atoms. The summed E-state index contributed by atoms with van der Waals surface area (Å²) in [5.41, 5.74) is 0.780. The van der Waals surface area contributed by atoms with Gasteiger partial charge >= 0.3 is 0 Å². The monoisotopic (exact) mass is 274 g/mol. The fraction of sp³-hybridized carbons (Fsp3) is 0.200. The Morgan fingerprint density at radius 3 is 2.70 bits per heavy atom. The van der Waals surface area contributed by atoms with Gasteiger partial charge in [0.2, 0.25) is 0 Å². The average molecular weight is 274 g/mol. The van der Waals surface area contributed by atoms with Crippen molar-refractivity contribution in [2.75, 3.05) is 6.61 Å². The van der Waals surface area contributed by atoms with Crippen LogP contribution in [0.1, 0.15) is 18.7 Å². The Morgan fingerprint density at radius 2 is 2.05 bits per heavy atom. The van der Waals surface area contributed by atoms with E-state index in [0.717, 1.165) is 5.69 Å². The minimum atomic E-state index is -0.342. The summed E-state index contributed by atoms with van der Waals surface area (Å²) >= 11 is 0. The first-order chi connectivity index (χ1) is 9.65. The van der Waals surface area contributed by atoms with Crippen molar-refractivity contribution in [3.05, 3.63) is 60.2 Å². The fourth-order valence-electron chi connectivity index (χ4n) is 1.67. The molecule has 1 unspecified atom stereocenters. The van der Waals surface area contributed by atoms with E-state index in [0.29, 0.717) is 5.75 Å². The molecule has 5 heteroatoms. The smallest absolute Gasteiger partial charge is 0.258 e. The van der Waals surface area contributed by atoms with Gasteiger partial charge in [0.05, 0.1) is 11.7 Å². The molecule has 0 saturated carbocycles. The van der Waals surface area contributed by atoms with Gasteiger partial charge in [0.15, 0.2) is 6.61 Å². The standard InChI is InChI=1S/C15H15FN2O2/c1-11(14-4-2-3-9-17-14)18-15(19)10-20-13-7-5-12(16)6-8-13/h2-9,11H,10H2,1H3,(H,18,19). The summed E-state index contributed by atoms with van der Waals surface area (Å²) in [5, 5.41) is 2.78.